The number of aromatic nitrogens is 2. The minimum absolute atomic E-state index is 0.151. The molecule has 2 aromatic carbocycles. The van der Waals surface area contributed by atoms with Gasteiger partial charge in [0.2, 0.25) is 11.7 Å². The van der Waals surface area contributed by atoms with Gasteiger partial charge in [0.1, 0.15) is 5.75 Å². The van der Waals surface area contributed by atoms with E-state index in [-0.39, 0.29) is 16.9 Å². The second-order valence-corrected chi connectivity index (χ2v) is 9.88. The van der Waals surface area contributed by atoms with Gasteiger partial charge in [-0.1, -0.05) is 37.5 Å². The standard InChI is InChI=1S/C20H22ClN3O4S/c1-20(2,3)19-22-18(23-28-19)13-27-16-9-7-15(8-10-16)24(4)29(25,26)17-11-5-14(21)6-12-17/h5-12H,13H2,1-4H3. The lowest BCUT2D eigenvalue weighted by atomic mass is 9.97. The van der Waals surface area contributed by atoms with Gasteiger partial charge in [0, 0.05) is 17.5 Å². The van der Waals surface area contributed by atoms with E-state index in [2.05, 4.69) is 10.1 Å². The molecular formula is C20H22ClN3O4S. The van der Waals surface area contributed by atoms with Gasteiger partial charge in [0.15, 0.2) is 6.61 Å². The molecule has 0 aliphatic rings. The molecule has 154 valence electrons. The number of ether oxygens (including phenoxy) is 1. The third-order valence-corrected chi connectivity index (χ3v) is 6.20. The Hall–Kier alpha value is -2.58. The van der Waals surface area contributed by atoms with Crippen LogP contribution in [0.2, 0.25) is 5.02 Å². The Labute approximate surface area is 175 Å². The molecule has 0 amide bonds. The molecule has 0 unspecified atom stereocenters. The summed E-state index contributed by atoms with van der Waals surface area (Å²) in [6, 6.07) is 12.7. The van der Waals surface area contributed by atoms with Gasteiger partial charge in [-0.15, -0.1) is 0 Å². The van der Waals surface area contributed by atoms with E-state index in [1.54, 1.807) is 36.4 Å². The fraction of sp³-hybridized carbons (Fsp3) is 0.300. The van der Waals surface area contributed by atoms with Crippen molar-refractivity contribution in [1.29, 1.82) is 0 Å². The molecule has 0 aliphatic heterocycles. The van der Waals surface area contributed by atoms with E-state index >= 15 is 0 Å². The van der Waals surface area contributed by atoms with Gasteiger partial charge in [-0.05, 0) is 48.5 Å². The minimum atomic E-state index is -3.69. The van der Waals surface area contributed by atoms with E-state index in [9.17, 15) is 8.42 Å². The molecule has 3 aromatic rings. The first-order valence-corrected chi connectivity index (χ1v) is 10.7. The van der Waals surface area contributed by atoms with Crippen molar-refractivity contribution in [2.45, 2.75) is 37.7 Å². The maximum Gasteiger partial charge on any atom is 0.264 e. The number of halogens is 1. The predicted octanol–water partition coefficient (Wildman–Crippen LogP) is 4.42. The molecular weight excluding hydrogens is 414 g/mol. The van der Waals surface area contributed by atoms with Crippen LogP contribution in [0.25, 0.3) is 0 Å². The highest BCUT2D eigenvalue weighted by Crippen LogP contribution is 2.26. The van der Waals surface area contributed by atoms with Crippen LogP contribution in [-0.4, -0.2) is 25.6 Å². The summed E-state index contributed by atoms with van der Waals surface area (Å²) in [6.45, 7) is 6.10. The molecule has 0 aliphatic carbocycles. The molecule has 0 radical (unpaired) electrons. The van der Waals surface area contributed by atoms with Gasteiger partial charge in [-0.2, -0.15) is 4.98 Å². The molecule has 3 rings (SSSR count). The lowest BCUT2D eigenvalue weighted by molar-refractivity contribution is 0.280. The van der Waals surface area contributed by atoms with Crippen LogP contribution in [0.15, 0.2) is 57.9 Å². The van der Waals surface area contributed by atoms with Crippen molar-refractivity contribution in [3.63, 3.8) is 0 Å². The van der Waals surface area contributed by atoms with Crippen LogP contribution in [0.3, 0.4) is 0 Å². The van der Waals surface area contributed by atoms with Crippen molar-refractivity contribution in [2.24, 2.45) is 0 Å². The number of nitrogens with zero attached hydrogens (tertiary/aromatic N) is 3. The molecule has 1 heterocycles. The number of anilines is 1. The van der Waals surface area contributed by atoms with Gasteiger partial charge in [0.25, 0.3) is 10.0 Å². The highest BCUT2D eigenvalue weighted by Gasteiger charge is 2.22. The van der Waals surface area contributed by atoms with E-state index in [1.165, 1.54) is 23.5 Å². The third kappa shape index (κ3) is 4.89. The molecule has 0 saturated carbocycles. The first-order valence-electron chi connectivity index (χ1n) is 8.88. The summed E-state index contributed by atoms with van der Waals surface area (Å²) in [5.41, 5.74) is 0.273. The average Bonchev–Trinajstić information content (AvgIpc) is 3.16. The highest BCUT2D eigenvalue weighted by molar-refractivity contribution is 7.92. The SMILES string of the molecule is CN(c1ccc(OCc2noc(C(C)(C)C)n2)cc1)S(=O)(=O)c1ccc(Cl)cc1. The van der Waals surface area contributed by atoms with Gasteiger partial charge < -0.3 is 9.26 Å². The lowest BCUT2D eigenvalue weighted by Gasteiger charge is -2.19. The van der Waals surface area contributed by atoms with Crippen LogP contribution in [0, 0.1) is 0 Å². The number of hydrogen-bond acceptors (Lipinski definition) is 6. The molecule has 0 saturated heterocycles. The summed E-state index contributed by atoms with van der Waals surface area (Å²) >= 11 is 5.84. The Bertz CT molecular complexity index is 1070. The zero-order valence-corrected chi connectivity index (χ0v) is 18.2. The summed E-state index contributed by atoms with van der Waals surface area (Å²) in [5.74, 6) is 1.55. The summed E-state index contributed by atoms with van der Waals surface area (Å²) in [4.78, 5) is 4.48. The Kier molecular flexibility index (Phi) is 5.86. The van der Waals surface area contributed by atoms with Crippen molar-refractivity contribution in [3.05, 3.63) is 65.3 Å². The van der Waals surface area contributed by atoms with Gasteiger partial charge in [-0.3, -0.25) is 4.31 Å². The average molecular weight is 436 g/mol. The molecule has 0 atom stereocenters. The summed E-state index contributed by atoms with van der Waals surface area (Å²) < 4.78 is 37.6. The lowest BCUT2D eigenvalue weighted by Crippen LogP contribution is -2.26. The zero-order valence-electron chi connectivity index (χ0n) is 16.6. The van der Waals surface area contributed by atoms with Crippen LogP contribution < -0.4 is 9.04 Å². The van der Waals surface area contributed by atoms with E-state index in [1.807, 2.05) is 20.8 Å². The van der Waals surface area contributed by atoms with Gasteiger partial charge in [-0.25, -0.2) is 8.42 Å². The molecule has 1 aromatic heterocycles. The van der Waals surface area contributed by atoms with Gasteiger partial charge in [0.05, 0.1) is 10.6 Å². The van der Waals surface area contributed by atoms with Crippen LogP contribution in [0.1, 0.15) is 32.5 Å². The molecule has 0 spiro atoms. The van der Waals surface area contributed by atoms with Crippen molar-refractivity contribution >= 4 is 27.3 Å². The first kappa shape index (κ1) is 21.1. The highest BCUT2D eigenvalue weighted by atomic mass is 35.5. The van der Waals surface area contributed by atoms with Crippen LogP contribution in [0.4, 0.5) is 5.69 Å². The smallest absolute Gasteiger partial charge is 0.264 e. The zero-order chi connectivity index (χ0) is 21.2. The molecule has 0 fully saturated rings. The quantitative estimate of drug-likeness (QED) is 0.569. The second kappa shape index (κ2) is 8.04. The third-order valence-electron chi connectivity index (χ3n) is 4.15. The normalized spacial score (nSPS) is 12.0. The maximum atomic E-state index is 12.7. The van der Waals surface area contributed by atoms with Gasteiger partial charge >= 0.3 is 0 Å². The number of hydrogen-bond donors (Lipinski definition) is 0. The van der Waals surface area contributed by atoms with Crippen LogP contribution in [0.5, 0.6) is 5.75 Å². The molecule has 9 heteroatoms. The largest absolute Gasteiger partial charge is 0.485 e. The number of rotatable bonds is 6. The first-order chi connectivity index (χ1) is 13.6. The minimum Gasteiger partial charge on any atom is -0.485 e. The Morgan fingerprint density at radius 3 is 2.24 bits per heavy atom. The predicted molar refractivity (Wildman–Crippen MR) is 111 cm³/mol. The fourth-order valence-corrected chi connectivity index (χ4v) is 3.74. The molecule has 7 nitrogen and oxygen atoms in total. The van der Waals surface area contributed by atoms with Crippen molar-refractivity contribution < 1.29 is 17.7 Å². The molecule has 29 heavy (non-hydrogen) atoms. The van der Waals surface area contributed by atoms with E-state index < -0.39 is 10.0 Å². The van der Waals surface area contributed by atoms with Crippen molar-refractivity contribution in [3.8, 4) is 5.75 Å². The summed E-state index contributed by atoms with van der Waals surface area (Å²) in [6.07, 6.45) is 0. The number of sulfonamides is 1. The molecule has 0 N–H and O–H groups in total. The van der Waals surface area contributed by atoms with Crippen LogP contribution >= 0.6 is 11.6 Å². The summed E-state index contributed by atoms with van der Waals surface area (Å²) in [7, 11) is -2.19. The van der Waals surface area contributed by atoms with E-state index in [0.717, 1.165) is 0 Å². The Morgan fingerprint density at radius 2 is 1.69 bits per heavy atom. The van der Waals surface area contributed by atoms with E-state index in [0.29, 0.717) is 28.2 Å². The Morgan fingerprint density at radius 1 is 1.07 bits per heavy atom. The Balaban J connectivity index is 1.68. The second-order valence-electron chi connectivity index (χ2n) is 7.47. The topological polar surface area (TPSA) is 85.5 Å². The monoisotopic (exact) mass is 435 g/mol. The van der Waals surface area contributed by atoms with Crippen molar-refractivity contribution in [2.75, 3.05) is 11.4 Å². The maximum absolute atomic E-state index is 12.7. The summed E-state index contributed by atoms with van der Waals surface area (Å²) in [5, 5.41) is 4.38. The van der Waals surface area contributed by atoms with Crippen molar-refractivity contribution in [1.82, 2.24) is 10.1 Å². The van der Waals surface area contributed by atoms with E-state index in [4.69, 9.17) is 20.9 Å². The molecule has 0 bridgehead atoms. The van der Waals surface area contributed by atoms with Crippen LogP contribution in [-0.2, 0) is 22.0 Å². The number of benzene rings is 2. The fourth-order valence-electron chi connectivity index (χ4n) is 2.42.